The van der Waals surface area contributed by atoms with Gasteiger partial charge in [-0.1, -0.05) is 43.2 Å². The summed E-state index contributed by atoms with van der Waals surface area (Å²) in [6.45, 7) is 2.06. The third-order valence-corrected chi connectivity index (χ3v) is 4.35. The molecule has 22 heavy (non-hydrogen) atoms. The molecule has 1 aromatic carbocycles. The van der Waals surface area contributed by atoms with E-state index in [2.05, 4.69) is 35.4 Å². The summed E-state index contributed by atoms with van der Waals surface area (Å²) in [4.78, 5) is 12.8. The average Bonchev–Trinajstić information content (AvgIpc) is 3.16. The van der Waals surface area contributed by atoms with Crippen LogP contribution in [0.3, 0.4) is 0 Å². The largest absolute Gasteiger partial charge is 0.367 e. The zero-order valence-electron chi connectivity index (χ0n) is 12.8. The minimum absolute atomic E-state index is 0.539. The summed E-state index contributed by atoms with van der Waals surface area (Å²) in [5.74, 6) is 1.73. The number of hydrogen-bond acceptors (Lipinski definition) is 3. The summed E-state index contributed by atoms with van der Waals surface area (Å²) >= 11 is 0. The van der Waals surface area contributed by atoms with E-state index < -0.39 is 0 Å². The Kier molecular flexibility index (Phi) is 3.29. The standard InChI is InChI=1S/C18H20N4/c1-12-11-15-17(19-12)21-16(13-7-3-2-4-8-13)22-18(15)20-14-9-5-6-10-14/h2-4,7-8,11,14H,5-6,9-10H2,1H3,(H2,19,20,21,22). The zero-order valence-corrected chi connectivity index (χ0v) is 12.8. The van der Waals surface area contributed by atoms with E-state index in [1.54, 1.807) is 0 Å². The molecule has 0 bridgehead atoms. The third-order valence-electron chi connectivity index (χ3n) is 4.35. The number of hydrogen-bond donors (Lipinski definition) is 2. The van der Waals surface area contributed by atoms with Crippen molar-refractivity contribution in [1.29, 1.82) is 0 Å². The average molecular weight is 292 g/mol. The van der Waals surface area contributed by atoms with Crippen molar-refractivity contribution in [3.05, 3.63) is 42.1 Å². The Balaban J connectivity index is 1.81. The Labute approximate surface area is 130 Å². The lowest BCUT2D eigenvalue weighted by Gasteiger charge is -2.14. The van der Waals surface area contributed by atoms with E-state index in [0.29, 0.717) is 6.04 Å². The Morgan fingerprint density at radius 1 is 1.09 bits per heavy atom. The molecule has 0 amide bonds. The second-order valence-corrected chi connectivity index (χ2v) is 6.10. The van der Waals surface area contributed by atoms with Crippen molar-refractivity contribution in [3.8, 4) is 11.4 Å². The van der Waals surface area contributed by atoms with Crippen molar-refractivity contribution in [3.63, 3.8) is 0 Å². The number of aromatic amines is 1. The molecule has 0 aliphatic heterocycles. The molecular weight excluding hydrogens is 272 g/mol. The maximum Gasteiger partial charge on any atom is 0.163 e. The molecule has 0 spiro atoms. The van der Waals surface area contributed by atoms with Gasteiger partial charge in [-0.2, -0.15) is 0 Å². The summed E-state index contributed by atoms with van der Waals surface area (Å²) in [6.07, 6.45) is 5.08. The van der Waals surface area contributed by atoms with Gasteiger partial charge in [0.15, 0.2) is 5.82 Å². The van der Waals surface area contributed by atoms with Crippen molar-refractivity contribution >= 4 is 16.9 Å². The number of H-pyrrole nitrogens is 1. The van der Waals surface area contributed by atoms with E-state index in [9.17, 15) is 0 Å². The minimum Gasteiger partial charge on any atom is -0.367 e. The normalized spacial score (nSPS) is 15.5. The van der Waals surface area contributed by atoms with Crippen LogP contribution >= 0.6 is 0 Å². The van der Waals surface area contributed by atoms with Crippen LogP contribution in [-0.4, -0.2) is 21.0 Å². The smallest absolute Gasteiger partial charge is 0.163 e. The molecule has 2 N–H and O–H groups in total. The number of fused-ring (bicyclic) bond motifs is 1. The number of anilines is 1. The van der Waals surface area contributed by atoms with Gasteiger partial charge in [-0.05, 0) is 25.8 Å². The molecule has 112 valence electrons. The van der Waals surface area contributed by atoms with Crippen LogP contribution in [0.2, 0.25) is 0 Å². The summed E-state index contributed by atoms with van der Waals surface area (Å²) in [7, 11) is 0. The van der Waals surface area contributed by atoms with Crippen molar-refractivity contribution in [1.82, 2.24) is 15.0 Å². The fourth-order valence-electron chi connectivity index (χ4n) is 3.23. The topological polar surface area (TPSA) is 53.6 Å². The number of rotatable bonds is 3. The van der Waals surface area contributed by atoms with E-state index in [0.717, 1.165) is 33.9 Å². The van der Waals surface area contributed by atoms with Gasteiger partial charge in [0, 0.05) is 17.3 Å². The molecule has 3 aromatic rings. The molecular formula is C18H20N4. The molecule has 4 nitrogen and oxygen atoms in total. The Bertz CT molecular complexity index is 785. The van der Waals surface area contributed by atoms with E-state index in [1.807, 2.05) is 18.2 Å². The summed E-state index contributed by atoms with van der Waals surface area (Å²) in [5.41, 5.74) is 3.07. The number of aryl methyl sites for hydroxylation is 1. The van der Waals surface area contributed by atoms with Gasteiger partial charge in [-0.15, -0.1) is 0 Å². The van der Waals surface area contributed by atoms with Gasteiger partial charge >= 0.3 is 0 Å². The molecule has 4 heteroatoms. The van der Waals surface area contributed by atoms with Crippen molar-refractivity contribution in [2.45, 2.75) is 38.6 Å². The third kappa shape index (κ3) is 2.45. The van der Waals surface area contributed by atoms with Crippen LogP contribution in [0.15, 0.2) is 36.4 Å². The van der Waals surface area contributed by atoms with Crippen LogP contribution in [-0.2, 0) is 0 Å². The minimum atomic E-state index is 0.539. The lowest BCUT2D eigenvalue weighted by molar-refractivity contribution is 0.752. The predicted octanol–water partition coefficient (Wildman–Crippen LogP) is 4.29. The molecule has 1 saturated carbocycles. The van der Waals surface area contributed by atoms with Crippen LogP contribution in [0.25, 0.3) is 22.4 Å². The SMILES string of the molecule is Cc1cc2c(NC3CCCC3)nc(-c3ccccc3)nc2[nH]1. The van der Waals surface area contributed by atoms with Gasteiger partial charge in [0.2, 0.25) is 0 Å². The van der Waals surface area contributed by atoms with Gasteiger partial charge in [-0.25, -0.2) is 9.97 Å². The Morgan fingerprint density at radius 3 is 2.64 bits per heavy atom. The first-order chi connectivity index (χ1) is 10.8. The Morgan fingerprint density at radius 2 is 1.86 bits per heavy atom. The van der Waals surface area contributed by atoms with Gasteiger partial charge in [0.1, 0.15) is 11.5 Å². The summed E-state index contributed by atoms with van der Waals surface area (Å²) in [6, 6.07) is 12.8. The van der Waals surface area contributed by atoms with Gasteiger partial charge in [0.25, 0.3) is 0 Å². The number of aromatic nitrogens is 3. The van der Waals surface area contributed by atoms with E-state index >= 15 is 0 Å². The quantitative estimate of drug-likeness (QED) is 0.757. The first-order valence-electron chi connectivity index (χ1n) is 7.99. The van der Waals surface area contributed by atoms with Gasteiger partial charge in [-0.3, -0.25) is 0 Å². The highest BCUT2D eigenvalue weighted by Crippen LogP contribution is 2.28. The summed E-state index contributed by atoms with van der Waals surface area (Å²) < 4.78 is 0. The fourth-order valence-corrected chi connectivity index (χ4v) is 3.23. The first kappa shape index (κ1) is 13.3. The van der Waals surface area contributed by atoms with Crippen LogP contribution in [0, 0.1) is 6.92 Å². The Hall–Kier alpha value is -2.36. The van der Waals surface area contributed by atoms with Crippen molar-refractivity contribution in [2.24, 2.45) is 0 Å². The summed E-state index contributed by atoms with van der Waals surface area (Å²) in [5, 5.41) is 4.72. The fraction of sp³-hybridized carbons (Fsp3) is 0.333. The molecule has 0 saturated heterocycles. The van der Waals surface area contributed by atoms with Crippen LogP contribution in [0.4, 0.5) is 5.82 Å². The first-order valence-corrected chi connectivity index (χ1v) is 7.99. The molecule has 4 rings (SSSR count). The monoisotopic (exact) mass is 292 g/mol. The van der Waals surface area contributed by atoms with Gasteiger partial charge in [0.05, 0.1) is 5.39 Å². The zero-order chi connectivity index (χ0) is 14.9. The maximum absolute atomic E-state index is 4.81. The van der Waals surface area contributed by atoms with Crippen LogP contribution in [0.5, 0.6) is 0 Å². The molecule has 2 heterocycles. The molecule has 0 unspecified atom stereocenters. The van der Waals surface area contributed by atoms with E-state index in [-0.39, 0.29) is 0 Å². The predicted molar refractivity (Wildman–Crippen MR) is 89.9 cm³/mol. The van der Waals surface area contributed by atoms with Crippen LogP contribution in [0.1, 0.15) is 31.4 Å². The second kappa shape index (κ2) is 5.44. The number of nitrogens with zero attached hydrogens (tertiary/aromatic N) is 2. The maximum atomic E-state index is 4.81. The lowest BCUT2D eigenvalue weighted by atomic mass is 10.2. The molecule has 0 atom stereocenters. The molecule has 2 aromatic heterocycles. The van der Waals surface area contributed by atoms with Crippen molar-refractivity contribution < 1.29 is 0 Å². The molecule has 1 aliphatic carbocycles. The lowest BCUT2D eigenvalue weighted by Crippen LogP contribution is -2.16. The molecule has 1 aliphatic rings. The molecule has 0 radical (unpaired) electrons. The highest BCUT2D eigenvalue weighted by molar-refractivity contribution is 5.89. The van der Waals surface area contributed by atoms with Crippen molar-refractivity contribution in [2.75, 3.05) is 5.32 Å². The second-order valence-electron chi connectivity index (χ2n) is 6.10. The highest BCUT2D eigenvalue weighted by atomic mass is 15.1. The molecule has 1 fully saturated rings. The van der Waals surface area contributed by atoms with Crippen LogP contribution < -0.4 is 5.32 Å². The number of benzene rings is 1. The van der Waals surface area contributed by atoms with E-state index in [4.69, 9.17) is 9.97 Å². The highest BCUT2D eigenvalue weighted by Gasteiger charge is 2.18. The van der Waals surface area contributed by atoms with E-state index in [1.165, 1.54) is 25.7 Å². The van der Waals surface area contributed by atoms with Gasteiger partial charge < -0.3 is 10.3 Å². The number of nitrogens with one attached hydrogen (secondary N) is 2.